The molecule has 0 aromatic heterocycles. The Morgan fingerprint density at radius 2 is 0.780 bits per heavy atom. The van der Waals surface area contributed by atoms with Crippen LogP contribution in [0.1, 0.15) is 105 Å². The summed E-state index contributed by atoms with van der Waals surface area (Å²) in [6.45, 7) is 27.7. The van der Waals surface area contributed by atoms with Gasteiger partial charge in [0.05, 0.1) is 5.69 Å². The molecule has 0 bridgehead atoms. The molecule has 0 N–H and O–H groups in total. The van der Waals surface area contributed by atoms with Crippen molar-refractivity contribution in [1.29, 1.82) is 0 Å². The summed E-state index contributed by atoms with van der Waals surface area (Å²) in [7, 11) is 0. The van der Waals surface area contributed by atoms with Gasteiger partial charge >= 0.3 is 0 Å². The van der Waals surface area contributed by atoms with E-state index >= 15 is 0 Å². The Hall–Kier alpha value is -3.76. The number of rotatable bonds is 2. The van der Waals surface area contributed by atoms with E-state index in [1.807, 2.05) is 0 Å². The molecule has 256 valence electrons. The van der Waals surface area contributed by atoms with Crippen LogP contribution in [0.15, 0.2) is 102 Å². The van der Waals surface area contributed by atoms with Crippen LogP contribution in [0, 0.1) is 0 Å². The van der Waals surface area contributed by atoms with Gasteiger partial charge < -0.3 is 9.80 Å². The molecule has 2 aliphatic rings. The number of fused-ring (bicyclic) bond motifs is 4. The fraction of sp³-hybridized carbons (Fsp3) is 0.348. The lowest BCUT2D eigenvalue weighted by molar-refractivity contribution is 0.590. The molecule has 4 heteroatoms. The molecule has 2 nitrogen and oxygen atoms in total. The van der Waals surface area contributed by atoms with Crippen molar-refractivity contribution in [1.82, 2.24) is 0 Å². The highest BCUT2D eigenvalue weighted by molar-refractivity contribution is 9.10. The van der Waals surface area contributed by atoms with Gasteiger partial charge in [0.2, 0.25) is 0 Å². The topological polar surface area (TPSA) is 6.48 Å². The van der Waals surface area contributed by atoms with Crippen LogP contribution in [-0.2, 0) is 21.7 Å². The van der Waals surface area contributed by atoms with Crippen LogP contribution in [0.3, 0.4) is 0 Å². The standard InChI is InChI=1S/C46H52BBrN2/c1-43(2,3)29-13-19-33(20-14-29)49-38-24-17-31(45(7,8)9)27-35(38)47-36-28-32(46(10,11)12)18-25-39(36)50(42-37(48)23-26-40(49)41(42)47)34-21-15-30(16-22-34)44(4,5)6/h13-28H,1-12H3. The third-order valence-corrected chi connectivity index (χ3v) is 11.4. The van der Waals surface area contributed by atoms with Crippen LogP contribution in [0.4, 0.5) is 34.1 Å². The zero-order chi connectivity index (χ0) is 36.1. The van der Waals surface area contributed by atoms with Crippen LogP contribution >= 0.6 is 15.9 Å². The van der Waals surface area contributed by atoms with Gasteiger partial charge in [0, 0.05) is 32.9 Å². The monoisotopic (exact) mass is 722 g/mol. The van der Waals surface area contributed by atoms with Gasteiger partial charge in [0.25, 0.3) is 6.71 Å². The van der Waals surface area contributed by atoms with Gasteiger partial charge in [0.15, 0.2) is 0 Å². The first kappa shape index (κ1) is 34.7. The van der Waals surface area contributed by atoms with E-state index in [0.29, 0.717) is 0 Å². The van der Waals surface area contributed by atoms with E-state index in [0.717, 1.165) is 4.47 Å². The molecule has 0 saturated heterocycles. The normalized spacial score (nSPS) is 14.4. The van der Waals surface area contributed by atoms with Crippen molar-refractivity contribution in [3.05, 3.63) is 124 Å². The van der Waals surface area contributed by atoms with Gasteiger partial charge in [-0.15, -0.1) is 0 Å². The highest BCUT2D eigenvalue weighted by Crippen LogP contribution is 2.47. The molecule has 5 aromatic rings. The van der Waals surface area contributed by atoms with E-state index in [4.69, 9.17) is 0 Å². The van der Waals surface area contributed by atoms with E-state index in [9.17, 15) is 0 Å². The lowest BCUT2D eigenvalue weighted by Gasteiger charge is -2.45. The van der Waals surface area contributed by atoms with E-state index < -0.39 is 0 Å². The summed E-state index contributed by atoms with van der Waals surface area (Å²) in [6, 6.07) is 37.5. The number of anilines is 6. The van der Waals surface area contributed by atoms with Crippen molar-refractivity contribution in [3.8, 4) is 0 Å². The van der Waals surface area contributed by atoms with Gasteiger partial charge in [-0.1, -0.05) is 132 Å². The molecule has 2 heterocycles. The maximum absolute atomic E-state index is 4.11. The Morgan fingerprint density at radius 3 is 1.20 bits per heavy atom. The minimum Gasteiger partial charge on any atom is -0.311 e. The predicted octanol–water partition coefficient (Wildman–Crippen LogP) is 11.7. The van der Waals surface area contributed by atoms with Crippen molar-refractivity contribution in [2.45, 2.75) is 105 Å². The number of hydrogen-bond acceptors (Lipinski definition) is 2. The first-order chi connectivity index (χ1) is 23.2. The Morgan fingerprint density at radius 1 is 0.420 bits per heavy atom. The summed E-state index contributed by atoms with van der Waals surface area (Å²) < 4.78 is 1.10. The van der Waals surface area contributed by atoms with Crippen molar-refractivity contribution in [2.24, 2.45) is 0 Å². The third kappa shape index (κ3) is 5.82. The summed E-state index contributed by atoms with van der Waals surface area (Å²) in [5, 5.41) is 0. The fourth-order valence-electron chi connectivity index (χ4n) is 7.69. The van der Waals surface area contributed by atoms with Crippen molar-refractivity contribution < 1.29 is 0 Å². The SMILES string of the molecule is CC(C)(C)c1ccc(N2c3ccc(C(C)(C)C)cc3B3c4cc(C(C)(C)C)ccc4N(c4ccc(C(C)(C)C)cc4)c4c(Br)ccc2c43)cc1. The van der Waals surface area contributed by atoms with E-state index in [-0.39, 0.29) is 28.4 Å². The van der Waals surface area contributed by atoms with Gasteiger partial charge in [-0.05, 0) is 125 Å². The number of hydrogen-bond donors (Lipinski definition) is 0. The van der Waals surface area contributed by atoms with Crippen molar-refractivity contribution in [2.75, 3.05) is 9.80 Å². The number of halogens is 1. The minimum absolute atomic E-state index is 0.0141. The first-order valence-electron chi connectivity index (χ1n) is 18.2. The fourth-order valence-corrected chi connectivity index (χ4v) is 8.21. The minimum atomic E-state index is 0.0141. The van der Waals surface area contributed by atoms with Gasteiger partial charge in [-0.3, -0.25) is 0 Å². The first-order valence-corrected chi connectivity index (χ1v) is 19.0. The van der Waals surface area contributed by atoms with E-state index in [2.05, 4.69) is 206 Å². The quantitative estimate of drug-likeness (QED) is 0.164. The van der Waals surface area contributed by atoms with E-state index in [1.54, 1.807) is 0 Å². The van der Waals surface area contributed by atoms with E-state index in [1.165, 1.54) is 72.8 Å². The zero-order valence-electron chi connectivity index (χ0n) is 32.1. The molecular formula is C46H52BBrN2. The summed E-state index contributed by atoms with van der Waals surface area (Å²) in [4.78, 5) is 5.02. The number of nitrogens with zero attached hydrogens (tertiary/aromatic N) is 2. The molecule has 0 radical (unpaired) electrons. The molecule has 0 saturated carbocycles. The third-order valence-electron chi connectivity index (χ3n) is 10.8. The van der Waals surface area contributed by atoms with Gasteiger partial charge in [-0.25, -0.2) is 0 Å². The van der Waals surface area contributed by atoms with Crippen LogP contribution in [0.5, 0.6) is 0 Å². The molecular weight excluding hydrogens is 671 g/mol. The molecule has 0 spiro atoms. The molecule has 5 aromatic carbocycles. The Labute approximate surface area is 310 Å². The molecule has 50 heavy (non-hydrogen) atoms. The second-order valence-corrected chi connectivity index (χ2v) is 19.4. The molecule has 2 aliphatic heterocycles. The second-order valence-electron chi connectivity index (χ2n) is 18.6. The van der Waals surface area contributed by atoms with Crippen LogP contribution in [0.25, 0.3) is 0 Å². The predicted molar refractivity (Wildman–Crippen MR) is 223 cm³/mol. The molecule has 0 atom stereocenters. The maximum atomic E-state index is 4.11. The lowest BCUT2D eigenvalue weighted by atomic mass is 9.33. The Balaban J connectivity index is 1.57. The molecule has 0 unspecified atom stereocenters. The molecule has 0 aliphatic carbocycles. The van der Waals surface area contributed by atoms with Crippen LogP contribution in [0.2, 0.25) is 0 Å². The molecule has 0 amide bonds. The lowest BCUT2D eigenvalue weighted by Crippen LogP contribution is -2.61. The number of benzene rings is 5. The maximum Gasteiger partial charge on any atom is 0.252 e. The molecule has 7 rings (SSSR count). The Kier molecular flexibility index (Phi) is 8.07. The van der Waals surface area contributed by atoms with Gasteiger partial charge in [-0.2, -0.15) is 0 Å². The second kappa shape index (κ2) is 11.6. The summed E-state index contributed by atoms with van der Waals surface area (Å²) in [5.41, 5.74) is 16.9. The van der Waals surface area contributed by atoms with Crippen LogP contribution in [-0.4, -0.2) is 6.71 Å². The highest BCUT2D eigenvalue weighted by Gasteiger charge is 2.45. The average molecular weight is 724 g/mol. The van der Waals surface area contributed by atoms with Crippen LogP contribution < -0.4 is 26.2 Å². The smallest absolute Gasteiger partial charge is 0.252 e. The largest absolute Gasteiger partial charge is 0.311 e. The zero-order valence-corrected chi connectivity index (χ0v) is 33.7. The summed E-state index contributed by atoms with van der Waals surface area (Å²) in [5.74, 6) is 0. The summed E-state index contributed by atoms with van der Waals surface area (Å²) >= 11 is 4.11. The summed E-state index contributed by atoms with van der Waals surface area (Å²) in [6.07, 6.45) is 0. The Bertz CT molecular complexity index is 2070. The average Bonchev–Trinajstić information content (AvgIpc) is 3.03. The van der Waals surface area contributed by atoms with Crippen molar-refractivity contribution in [3.63, 3.8) is 0 Å². The highest BCUT2D eigenvalue weighted by atomic mass is 79.9. The molecule has 0 fully saturated rings. The van der Waals surface area contributed by atoms with Gasteiger partial charge in [0.1, 0.15) is 0 Å². The van der Waals surface area contributed by atoms with Crippen molar-refractivity contribution >= 4 is 73.2 Å².